The van der Waals surface area contributed by atoms with Crippen molar-refractivity contribution in [1.29, 1.82) is 0 Å². The second-order valence-electron chi connectivity index (χ2n) is 5.89. The molecule has 2 N–H and O–H groups in total. The van der Waals surface area contributed by atoms with Crippen molar-refractivity contribution in [2.45, 2.75) is 59.3 Å². The quantitative estimate of drug-likeness (QED) is 0.797. The second kappa shape index (κ2) is 6.37. The van der Waals surface area contributed by atoms with Crippen molar-refractivity contribution >= 4 is 11.9 Å². The first-order valence-electron chi connectivity index (χ1n) is 6.91. The van der Waals surface area contributed by atoms with Crippen molar-refractivity contribution < 1.29 is 19.4 Å². The van der Waals surface area contributed by atoms with Gasteiger partial charge in [-0.05, 0) is 25.7 Å². The number of carboxylic acid groups (broad SMARTS) is 1. The van der Waals surface area contributed by atoms with Crippen LogP contribution in [-0.2, 0) is 14.3 Å². The Morgan fingerprint density at radius 2 is 1.79 bits per heavy atom. The lowest BCUT2D eigenvalue weighted by Crippen LogP contribution is -2.45. The normalized spacial score (nSPS) is 32.3. The summed E-state index contributed by atoms with van der Waals surface area (Å²) in [5, 5.41) is 11.8. The monoisotopic (exact) mass is 271 g/mol. The predicted molar refractivity (Wildman–Crippen MR) is 71.7 cm³/mol. The van der Waals surface area contributed by atoms with E-state index in [4.69, 9.17) is 9.84 Å². The lowest BCUT2D eigenvalue weighted by Gasteiger charge is -2.25. The molecule has 1 fully saturated rings. The van der Waals surface area contributed by atoms with Crippen molar-refractivity contribution in [2.24, 2.45) is 17.8 Å². The van der Waals surface area contributed by atoms with Crippen molar-refractivity contribution in [3.05, 3.63) is 0 Å². The molecule has 0 radical (unpaired) electrons. The van der Waals surface area contributed by atoms with Crippen LogP contribution in [-0.4, -0.2) is 35.2 Å². The molecule has 110 valence electrons. The van der Waals surface area contributed by atoms with E-state index < -0.39 is 5.97 Å². The number of carboxylic acids is 1. The van der Waals surface area contributed by atoms with Crippen LogP contribution in [0.25, 0.3) is 0 Å². The van der Waals surface area contributed by atoms with Gasteiger partial charge in [-0.25, -0.2) is 0 Å². The maximum Gasteiger partial charge on any atom is 0.305 e. The summed E-state index contributed by atoms with van der Waals surface area (Å²) in [5.74, 6) is -0.955. The number of aliphatic carboxylic acids is 1. The highest BCUT2D eigenvalue weighted by Crippen LogP contribution is 2.32. The number of ether oxygens (including phenoxy) is 1. The van der Waals surface area contributed by atoms with Gasteiger partial charge in [0.05, 0.1) is 24.5 Å². The fourth-order valence-corrected chi connectivity index (χ4v) is 2.64. The summed E-state index contributed by atoms with van der Waals surface area (Å²) in [6.45, 7) is 9.68. The van der Waals surface area contributed by atoms with Crippen LogP contribution in [0.15, 0.2) is 0 Å². The van der Waals surface area contributed by atoms with Crippen LogP contribution >= 0.6 is 0 Å². The molecule has 5 unspecified atom stereocenters. The van der Waals surface area contributed by atoms with E-state index in [2.05, 4.69) is 5.32 Å². The Kier molecular flexibility index (Phi) is 5.35. The third kappa shape index (κ3) is 3.93. The van der Waals surface area contributed by atoms with Crippen molar-refractivity contribution in [2.75, 3.05) is 0 Å². The standard InChI is InChI=1S/C14H25NO4/c1-7(2)11(6-12(16)17)15-14(18)13-8(3)9(4)19-10(13)5/h7-11,13H,6H2,1-5H3,(H,15,18)(H,16,17). The van der Waals surface area contributed by atoms with Gasteiger partial charge in [-0.2, -0.15) is 0 Å². The van der Waals surface area contributed by atoms with Gasteiger partial charge in [-0.3, -0.25) is 9.59 Å². The summed E-state index contributed by atoms with van der Waals surface area (Å²) >= 11 is 0. The maximum atomic E-state index is 12.3. The van der Waals surface area contributed by atoms with Crippen LogP contribution in [0.5, 0.6) is 0 Å². The summed E-state index contributed by atoms with van der Waals surface area (Å²) < 4.78 is 5.65. The van der Waals surface area contributed by atoms with E-state index in [0.717, 1.165) is 0 Å². The van der Waals surface area contributed by atoms with Gasteiger partial charge < -0.3 is 15.2 Å². The summed E-state index contributed by atoms with van der Waals surface area (Å²) in [4.78, 5) is 23.1. The zero-order valence-electron chi connectivity index (χ0n) is 12.3. The molecule has 1 amide bonds. The van der Waals surface area contributed by atoms with Gasteiger partial charge in [0.15, 0.2) is 0 Å². The first-order chi connectivity index (χ1) is 8.73. The van der Waals surface area contributed by atoms with Gasteiger partial charge in [0, 0.05) is 6.04 Å². The summed E-state index contributed by atoms with van der Waals surface area (Å²) in [5.41, 5.74) is 0. The molecule has 0 spiro atoms. The molecule has 1 rings (SSSR count). The van der Waals surface area contributed by atoms with E-state index in [1.54, 1.807) is 0 Å². The minimum Gasteiger partial charge on any atom is -0.481 e. The van der Waals surface area contributed by atoms with E-state index in [1.807, 2.05) is 34.6 Å². The van der Waals surface area contributed by atoms with Gasteiger partial charge in [-0.15, -0.1) is 0 Å². The minimum atomic E-state index is -0.892. The Labute approximate surface area is 114 Å². The maximum absolute atomic E-state index is 12.3. The fraction of sp³-hybridized carbons (Fsp3) is 0.857. The molecule has 1 aliphatic heterocycles. The van der Waals surface area contributed by atoms with E-state index in [1.165, 1.54) is 0 Å². The number of nitrogens with one attached hydrogen (secondary N) is 1. The van der Waals surface area contributed by atoms with Crippen LogP contribution in [0.3, 0.4) is 0 Å². The molecular formula is C14H25NO4. The third-order valence-corrected chi connectivity index (χ3v) is 4.07. The van der Waals surface area contributed by atoms with E-state index in [9.17, 15) is 9.59 Å². The van der Waals surface area contributed by atoms with E-state index >= 15 is 0 Å². The van der Waals surface area contributed by atoms with E-state index in [0.29, 0.717) is 0 Å². The van der Waals surface area contributed by atoms with Crippen LogP contribution in [0, 0.1) is 17.8 Å². The van der Waals surface area contributed by atoms with Crippen LogP contribution < -0.4 is 5.32 Å². The van der Waals surface area contributed by atoms with Crippen LogP contribution in [0.2, 0.25) is 0 Å². The molecule has 5 nitrogen and oxygen atoms in total. The SMILES string of the molecule is CC(C)C(CC(=O)O)NC(=O)C1C(C)OC(C)C1C. The molecule has 0 saturated carbocycles. The number of carbonyl (C=O) groups is 2. The molecule has 1 aliphatic rings. The van der Waals surface area contributed by atoms with Crippen LogP contribution in [0.1, 0.15) is 41.0 Å². The molecule has 0 bridgehead atoms. The zero-order valence-corrected chi connectivity index (χ0v) is 12.3. The molecule has 1 saturated heterocycles. The van der Waals surface area contributed by atoms with E-state index in [-0.39, 0.29) is 48.3 Å². The highest BCUT2D eigenvalue weighted by molar-refractivity contribution is 5.81. The molecule has 1 heterocycles. The van der Waals surface area contributed by atoms with Crippen LogP contribution in [0.4, 0.5) is 0 Å². The van der Waals surface area contributed by atoms with Gasteiger partial charge in [0.2, 0.25) is 5.91 Å². The molecule has 0 aliphatic carbocycles. The van der Waals surface area contributed by atoms with Crippen molar-refractivity contribution in [3.63, 3.8) is 0 Å². The Morgan fingerprint density at radius 1 is 1.21 bits per heavy atom. The summed E-state index contributed by atoms with van der Waals surface area (Å²) in [6.07, 6.45) is -0.111. The van der Waals surface area contributed by atoms with Gasteiger partial charge in [-0.1, -0.05) is 20.8 Å². The number of hydrogen-bond acceptors (Lipinski definition) is 3. The largest absolute Gasteiger partial charge is 0.481 e. The lowest BCUT2D eigenvalue weighted by molar-refractivity contribution is -0.138. The Morgan fingerprint density at radius 3 is 2.16 bits per heavy atom. The summed E-state index contributed by atoms with van der Waals surface area (Å²) in [7, 11) is 0. The number of carbonyl (C=O) groups excluding carboxylic acids is 1. The average molecular weight is 271 g/mol. The second-order valence-corrected chi connectivity index (χ2v) is 5.89. The molecule has 19 heavy (non-hydrogen) atoms. The predicted octanol–water partition coefficient (Wildman–Crippen LogP) is 1.66. The molecule has 5 heteroatoms. The average Bonchev–Trinajstić information content (AvgIpc) is 2.51. The zero-order chi connectivity index (χ0) is 14.7. The first-order valence-corrected chi connectivity index (χ1v) is 6.91. The van der Waals surface area contributed by atoms with Gasteiger partial charge in [0.1, 0.15) is 0 Å². The molecular weight excluding hydrogens is 246 g/mol. The molecule has 0 aromatic heterocycles. The van der Waals surface area contributed by atoms with Crippen molar-refractivity contribution in [3.8, 4) is 0 Å². The topological polar surface area (TPSA) is 75.6 Å². The number of hydrogen-bond donors (Lipinski definition) is 2. The fourth-order valence-electron chi connectivity index (χ4n) is 2.64. The number of rotatable bonds is 5. The lowest BCUT2D eigenvalue weighted by atomic mass is 9.88. The molecule has 5 atom stereocenters. The van der Waals surface area contributed by atoms with Gasteiger partial charge >= 0.3 is 5.97 Å². The number of amides is 1. The smallest absolute Gasteiger partial charge is 0.305 e. The Hall–Kier alpha value is -1.10. The highest BCUT2D eigenvalue weighted by atomic mass is 16.5. The third-order valence-electron chi connectivity index (χ3n) is 4.07. The minimum absolute atomic E-state index is 0.0463. The summed E-state index contributed by atoms with van der Waals surface area (Å²) in [6, 6.07) is -0.333. The Balaban J connectivity index is 2.69. The Bertz CT molecular complexity index is 342. The highest BCUT2D eigenvalue weighted by Gasteiger charge is 2.42. The molecule has 0 aromatic rings. The van der Waals surface area contributed by atoms with Gasteiger partial charge in [0.25, 0.3) is 0 Å². The van der Waals surface area contributed by atoms with Crippen molar-refractivity contribution in [1.82, 2.24) is 5.32 Å². The first kappa shape index (κ1) is 16.0. The molecule has 0 aromatic carbocycles.